The molecular weight excluding hydrogens is 263 g/mol. The van der Waals surface area contributed by atoms with Crippen molar-refractivity contribution in [3.05, 3.63) is 0 Å². The zero-order valence-electron chi connectivity index (χ0n) is 11.5. The van der Waals surface area contributed by atoms with Crippen molar-refractivity contribution in [2.45, 2.75) is 69.8 Å². The lowest BCUT2D eigenvalue weighted by atomic mass is 9.93. The van der Waals surface area contributed by atoms with E-state index >= 15 is 0 Å². The summed E-state index contributed by atoms with van der Waals surface area (Å²) < 4.78 is 55.5. The van der Waals surface area contributed by atoms with Gasteiger partial charge in [-0.05, 0) is 53.4 Å². The van der Waals surface area contributed by atoms with Crippen molar-refractivity contribution in [1.29, 1.82) is 0 Å². The van der Waals surface area contributed by atoms with Crippen LogP contribution in [0.15, 0.2) is 0 Å². The maximum atomic E-state index is 14.1. The first kappa shape index (κ1) is 16.0. The fourth-order valence-electron chi connectivity index (χ4n) is 1.56. The summed E-state index contributed by atoms with van der Waals surface area (Å²) in [5.41, 5.74) is -2.63. The van der Waals surface area contributed by atoms with E-state index in [0.29, 0.717) is 12.8 Å². The minimum atomic E-state index is -3.53. The quantitative estimate of drug-likeness (QED) is 0.825. The molecule has 108 valence electrons. The van der Waals surface area contributed by atoms with Gasteiger partial charge in [0.2, 0.25) is 0 Å². The first-order valence-corrected chi connectivity index (χ1v) is 7.27. The maximum Gasteiger partial charge on any atom is 0.296 e. The Labute approximate surface area is 109 Å². The highest BCUT2D eigenvalue weighted by Gasteiger charge is 2.58. The number of rotatable bonds is 5. The van der Waals surface area contributed by atoms with Gasteiger partial charge in [-0.2, -0.15) is 0 Å². The summed E-state index contributed by atoms with van der Waals surface area (Å²) in [6.07, 6.45) is 1.26. The van der Waals surface area contributed by atoms with Crippen LogP contribution in [-0.4, -0.2) is 26.6 Å². The van der Waals surface area contributed by atoms with Gasteiger partial charge in [0, 0.05) is 0 Å². The fourth-order valence-corrected chi connectivity index (χ4v) is 2.48. The third kappa shape index (κ3) is 3.47. The SMILES string of the molecule is CC(C)(C)[S@@](=O)NC(C1CC1)C(F)(F)C(C)(C)F. The van der Waals surface area contributed by atoms with E-state index < -0.39 is 33.4 Å². The van der Waals surface area contributed by atoms with E-state index in [1.54, 1.807) is 20.8 Å². The van der Waals surface area contributed by atoms with E-state index in [9.17, 15) is 17.4 Å². The molecule has 0 amide bonds. The number of alkyl halides is 3. The van der Waals surface area contributed by atoms with Crippen LogP contribution >= 0.6 is 0 Å². The van der Waals surface area contributed by atoms with Crippen molar-refractivity contribution in [2.24, 2.45) is 5.92 Å². The molecule has 0 saturated heterocycles. The third-order valence-electron chi connectivity index (χ3n) is 3.07. The molecule has 0 aromatic carbocycles. The van der Waals surface area contributed by atoms with Gasteiger partial charge in [-0.1, -0.05) is 0 Å². The van der Waals surface area contributed by atoms with Crippen molar-refractivity contribution < 1.29 is 17.4 Å². The Morgan fingerprint density at radius 1 is 1.11 bits per heavy atom. The lowest BCUT2D eigenvalue weighted by Crippen LogP contribution is -2.58. The van der Waals surface area contributed by atoms with Gasteiger partial charge in [-0.25, -0.2) is 22.1 Å². The molecule has 6 heteroatoms. The van der Waals surface area contributed by atoms with Crippen LogP contribution in [0.3, 0.4) is 0 Å². The van der Waals surface area contributed by atoms with Gasteiger partial charge >= 0.3 is 0 Å². The first-order valence-electron chi connectivity index (χ1n) is 6.12. The number of hydrogen-bond donors (Lipinski definition) is 1. The Morgan fingerprint density at radius 2 is 1.56 bits per heavy atom. The van der Waals surface area contributed by atoms with Crippen LogP contribution in [0.2, 0.25) is 0 Å². The Morgan fingerprint density at radius 3 is 1.83 bits per heavy atom. The summed E-state index contributed by atoms with van der Waals surface area (Å²) in [4.78, 5) is 0. The zero-order chi connectivity index (χ0) is 14.4. The summed E-state index contributed by atoms with van der Waals surface area (Å²) in [6.45, 7) is 6.81. The highest BCUT2D eigenvalue weighted by Crippen LogP contribution is 2.45. The fraction of sp³-hybridized carbons (Fsp3) is 1.00. The average molecular weight is 285 g/mol. The van der Waals surface area contributed by atoms with Crippen molar-refractivity contribution >= 4 is 11.0 Å². The molecule has 1 aliphatic rings. The van der Waals surface area contributed by atoms with E-state index in [1.807, 2.05) is 0 Å². The minimum Gasteiger partial charge on any atom is -0.242 e. The molecule has 1 N–H and O–H groups in total. The topological polar surface area (TPSA) is 29.1 Å². The molecular formula is C12H22F3NOS. The Kier molecular flexibility index (Phi) is 4.24. The van der Waals surface area contributed by atoms with Crippen molar-refractivity contribution in [3.8, 4) is 0 Å². The van der Waals surface area contributed by atoms with Gasteiger partial charge in [0.1, 0.15) is 0 Å². The summed E-state index contributed by atoms with van der Waals surface area (Å²) in [6, 6.07) is -1.36. The van der Waals surface area contributed by atoms with E-state index in [0.717, 1.165) is 13.8 Å². The second-order valence-electron chi connectivity index (χ2n) is 6.41. The average Bonchev–Trinajstić information content (AvgIpc) is 2.92. The van der Waals surface area contributed by atoms with Crippen molar-refractivity contribution in [3.63, 3.8) is 0 Å². The maximum absolute atomic E-state index is 14.1. The summed E-state index contributed by atoms with van der Waals surface area (Å²) in [7, 11) is -1.63. The van der Waals surface area contributed by atoms with E-state index in [-0.39, 0.29) is 5.92 Å². The van der Waals surface area contributed by atoms with Crippen LogP contribution < -0.4 is 4.72 Å². The Bertz CT molecular complexity index is 329. The largest absolute Gasteiger partial charge is 0.296 e. The smallest absolute Gasteiger partial charge is 0.242 e. The molecule has 0 aliphatic heterocycles. The lowest BCUT2D eigenvalue weighted by molar-refractivity contribution is -0.143. The van der Waals surface area contributed by atoms with Gasteiger partial charge in [0.25, 0.3) is 5.92 Å². The van der Waals surface area contributed by atoms with Crippen molar-refractivity contribution in [2.75, 3.05) is 0 Å². The molecule has 1 unspecified atom stereocenters. The second kappa shape index (κ2) is 4.78. The van der Waals surface area contributed by atoms with Crippen molar-refractivity contribution in [1.82, 2.24) is 4.72 Å². The van der Waals surface area contributed by atoms with Crippen LogP contribution in [0.25, 0.3) is 0 Å². The van der Waals surface area contributed by atoms with Gasteiger partial charge in [0.05, 0.1) is 21.8 Å². The summed E-state index contributed by atoms with van der Waals surface area (Å²) >= 11 is 0. The molecule has 0 aromatic rings. The normalized spacial score (nSPS) is 21.8. The highest BCUT2D eigenvalue weighted by atomic mass is 32.2. The lowest BCUT2D eigenvalue weighted by Gasteiger charge is -2.35. The molecule has 0 aromatic heterocycles. The van der Waals surface area contributed by atoms with Crippen LogP contribution in [-0.2, 0) is 11.0 Å². The molecule has 0 radical (unpaired) electrons. The standard InChI is InChI=1S/C12H22F3NOS/c1-10(2,3)18(17)16-9(8-6-7-8)12(14,15)11(4,5)13/h8-9,16H,6-7H2,1-5H3/t9?,18-/m1/s1. The molecule has 18 heavy (non-hydrogen) atoms. The first-order chi connectivity index (χ1) is 7.87. The molecule has 1 rings (SSSR count). The number of halogens is 3. The molecule has 0 heterocycles. The second-order valence-corrected chi connectivity index (χ2v) is 8.41. The molecule has 0 bridgehead atoms. The molecule has 2 nitrogen and oxygen atoms in total. The predicted octanol–water partition coefficient (Wildman–Crippen LogP) is 3.20. The number of nitrogens with one attached hydrogen (secondary N) is 1. The number of hydrogen-bond acceptors (Lipinski definition) is 1. The van der Waals surface area contributed by atoms with Gasteiger partial charge < -0.3 is 0 Å². The van der Waals surface area contributed by atoms with Crippen LogP contribution in [0.1, 0.15) is 47.5 Å². The van der Waals surface area contributed by atoms with Crippen LogP contribution in [0, 0.1) is 5.92 Å². The highest BCUT2D eigenvalue weighted by molar-refractivity contribution is 7.84. The molecule has 1 aliphatic carbocycles. The molecule has 1 saturated carbocycles. The van der Waals surface area contributed by atoms with E-state index in [2.05, 4.69) is 4.72 Å². The molecule has 1 fully saturated rings. The monoisotopic (exact) mass is 285 g/mol. The van der Waals surface area contributed by atoms with Crippen LogP contribution in [0.4, 0.5) is 13.2 Å². The Balaban J connectivity index is 2.88. The van der Waals surface area contributed by atoms with Gasteiger partial charge in [-0.15, -0.1) is 0 Å². The Hall–Kier alpha value is -0.100. The van der Waals surface area contributed by atoms with E-state index in [1.165, 1.54) is 0 Å². The summed E-state index contributed by atoms with van der Waals surface area (Å²) in [5.74, 6) is -3.82. The van der Waals surface area contributed by atoms with Crippen LogP contribution in [0.5, 0.6) is 0 Å². The predicted molar refractivity (Wildman–Crippen MR) is 67.7 cm³/mol. The van der Waals surface area contributed by atoms with E-state index in [4.69, 9.17) is 0 Å². The molecule has 0 spiro atoms. The summed E-state index contributed by atoms with van der Waals surface area (Å²) in [5, 5.41) is 0. The van der Waals surface area contributed by atoms with Gasteiger partial charge in [-0.3, -0.25) is 0 Å². The minimum absolute atomic E-state index is 0.290. The zero-order valence-corrected chi connectivity index (χ0v) is 12.3. The molecule has 2 atom stereocenters. The van der Waals surface area contributed by atoms with Gasteiger partial charge in [0.15, 0.2) is 5.67 Å². The third-order valence-corrected chi connectivity index (χ3v) is 4.65.